The Bertz CT molecular complexity index is 587. The fourth-order valence-corrected chi connectivity index (χ4v) is 1.90. The molecule has 2 aromatic carbocycles. The minimum Gasteiger partial charge on any atom is -0.497 e. The van der Waals surface area contributed by atoms with Crippen LogP contribution in [0, 0.1) is 0 Å². The molecule has 0 aliphatic rings. The summed E-state index contributed by atoms with van der Waals surface area (Å²) in [5.41, 5.74) is 1.72. The Morgan fingerprint density at radius 3 is 2.18 bits per heavy atom. The van der Waals surface area contributed by atoms with Crippen LogP contribution in [0.4, 0.5) is 0 Å². The van der Waals surface area contributed by atoms with Gasteiger partial charge >= 0.3 is 0 Å². The van der Waals surface area contributed by atoms with Crippen LogP contribution < -0.4 is 9.47 Å². The van der Waals surface area contributed by atoms with E-state index in [1.165, 1.54) is 0 Å². The summed E-state index contributed by atoms with van der Waals surface area (Å²) in [6.45, 7) is 0.578. The molecule has 2 aromatic rings. The Kier molecular flexibility index (Phi) is 6.01. The second kappa shape index (κ2) is 8.22. The van der Waals surface area contributed by atoms with E-state index in [1.807, 2.05) is 36.4 Å². The molecular weight excluding hydrogens is 280 g/mol. The molecule has 0 saturated carbocycles. The summed E-state index contributed by atoms with van der Waals surface area (Å²) in [6, 6.07) is 14.6. The van der Waals surface area contributed by atoms with E-state index in [0.717, 1.165) is 11.3 Å². The van der Waals surface area contributed by atoms with Gasteiger partial charge in [-0.05, 0) is 42.0 Å². The maximum Gasteiger partial charge on any atom is 0.224 e. The van der Waals surface area contributed by atoms with Gasteiger partial charge in [0.1, 0.15) is 11.5 Å². The van der Waals surface area contributed by atoms with Gasteiger partial charge in [0.2, 0.25) is 6.29 Å². The van der Waals surface area contributed by atoms with Gasteiger partial charge in [0.25, 0.3) is 0 Å². The molecule has 0 heterocycles. The molecule has 1 unspecified atom stereocenters. The van der Waals surface area contributed by atoms with Crippen molar-refractivity contribution in [2.75, 3.05) is 20.8 Å². The lowest BCUT2D eigenvalue weighted by Crippen LogP contribution is -2.06. The predicted molar refractivity (Wildman–Crippen MR) is 85.9 cm³/mol. The lowest BCUT2D eigenvalue weighted by Gasteiger charge is -2.14. The molecule has 2 rings (SSSR count). The summed E-state index contributed by atoms with van der Waals surface area (Å²) in [5.74, 6) is 1.34. The third kappa shape index (κ3) is 4.62. The van der Waals surface area contributed by atoms with Crippen LogP contribution in [-0.4, -0.2) is 25.9 Å². The highest BCUT2D eigenvalue weighted by Gasteiger charge is 2.09. The Morgan fingerprint density at radius 1 is 0.955 bits per heavy atom. The van der Waals surface area contributed by atoms with Crippen molar-refractivity contribution in [1.29, 1.82) is 0 Å². The molecule has 0 bridgehead atoms. The third-order valence-corrected chi connectivity index (χ3v) is 3.10. The average molecular weight is 300 g/mol. The molecule has 4 heteroatoms. The minimum absolute atomic E-state index is 0.578. The van der Waals surface area contributed by atoms with E-state index < -0.39 is 6.29 Å². The third-order valence-electron chi connectivity index (χ3n) is 3.10. The van der Waals surface area contributed by atoms with E-state index in [1.54, 1.807) is 38.5 Å². The summed E-state index contributed by atoms with van der Waals surface area (Å²) in [5, 5.41) is 10.1. The van der Waals surface area contributed by atoms with Gasteiger partial charge in [0.05, 0.1) is 13.7 Å². The van der Waals surface area contributed by atoms with Crippen LogP contribution in [0.25, 0.3) is 6.08 Å². The van der Waals surface area contributed by atoms with E-state index in [2.05, 4.69) is 0 Å². The summed E-state index contributed by atoms with van der Waals surface area (Å²) in [7, 11) is 3.26. The molecule has 0 saturated heterocycles. The van der Waals surface area contributed by atoms with Crippen molar-refractivity contribution in [3.05, 3.63) is 65.7 Å². The number of benzene rings is 2. The topological polar surface area (TPSA) is 47.9 Å². The zero-order valence-electron chi connectivity index (χ0n) is 12.7. The Hall–Kier alpha value is -2.30. The Balaban J connectivity index is 1.97. The number of aliphatic hydroxyl groups excluding tert-OH is 1. The molecule has 0 aliphatic heterocycles. The molecule has 0 fully saturated rings. The van der Waals surface area contributed by atoms with Gasteiger partial charge in [-0.25, -0.2) is 0 Å². The normalized spacial score (nSPS) is 12.3. The summed E-state index contributed by atoms with van der Waals surface area (Å²) < 4.78 is 15.6. The monoisotopic (exact) mass is 300 g/mol. The first-order valence-corrected chi connectivity index (χ1v) is 6.97. The van der Waals surface area contributed by atoms with Crippen molar-refractivity contribution in [2.45, 2.75) is 6.29 Å². The van der Waals surface area contributed by atoms with Crippen molar-refractivity contribution >= 4 is 6.08 Å². The van der Waals surface area contributed by atoms with Gasteiger partial charge in [-0.1, -0.05) is 24.3 Å². The number of hydrogen-bond donors (Lipinski definition) is 1. The molecule has 1 atom stereocenters. The smallest absolute Gasteiger partial charge is 0.224 e. The van der Waals surface area contributed by atoms with Crippen LogP contribution in [-0.2, 0) is 4.74 Å². The lowest BCUT2D eigenvalue weighted by molar-refractivity contribution is -0.0194. The van der Waals surface area contributed by atoms with Gasteiger partial charge in [0, 0.05) is 12.7 Å². The standard InChI is InChI=1S/C18H20O4/c1-20-13-3-4-14-5-9-17(10-6-14)22-18(19)15-7-11-16(21-2)12-8-15/h3-12,18-19H,13H2,1-2H3/b4-3+. The molecule has 4 nitrogen and oxygen atoms in total. The molecule has 0 aliphatic carbocycles. The highest BCUT2D eigenvalue weighted by Crippen LogP contribution is 2.22. The minimum atomic E-state index is -1.01. The quantitative estimate of drug-likeness (QED) is 0.796. The number of rotatable bonds is 7. The van der Waals surface area contributed by atoms with Crippen LogP contribution in [0.2, 0.25) is 0 Å². The first-order valence-electron chi connectivity index (χ1n) is 6.97. The first kappa shape index (κ1) is 16.1. The lowest BCUT2D eigenvalue weighted by atomic mass is 10.2. The molecule has 0 spiro atoms. The van der Waals surface area contributed by atoms with Crippen molar-refractivity contribution in [3.8, 4) is 11.5 Å². The number of aliphatic hydroxyl groups is 1. The zero-order valence-corrected chi connectivity index (χ0v) is 12.7. The van der Waals surface area contributed by atoms with Crippen molar-refractivity contribution < 1.29 is 19.3 Å². The second-order valence-electron chi connectivity index (χ2n) is 4.67. The van der Waals surface area contributed by atoms with Gasteiger partial charge < -0.3 is 19.3 Å². The SMILES string of the molecule is COC/C=C/c1ccc(OC(O)c2ccc(OC)cc2)cc1. The van der Waals surface area contributed by atoms with E-state index >= 15 is 0 Å². The number of methoxy groups -OCH3 is 2. The Labute approximate surface area is 130 Å². The molecule has 1 N–H and O–H groups in total. The van der Waals surface area contributed by atoms with Crippen molar-refractivity contribution in [1.82, 2.24) is 0 Å². The molecule has 22 heavy (non-hydrogen) atoms. The molecule has 0 radical (unpaired) electrons. The fourth-order valence-electron chi connectivity index (χ4n) is 1.90. The van der Waals surface area contributed by atoms with E-state index in [9.17, 15) is 5.11 Å². The van der Waals surface area contributed by atoms with Crippen molar-refractivity contribution in [3.63, 3.8) is 0 Å². The van der Waals surface area contributed by atoms with E-state index in [-0.39, 0.29) is 0 Å². The molecule has 0 aromatic heterocycles. The highest BCUT2D eigenvalue weighted by atomic mass is 16.6. The maximum atomic E-state index is 10.1. The number of hydrogen-bond acceptors (Lipinski definition) is 4. The zero-order chi connectivity index (χ0) is 15.8. The van der Waals surface area contributed by atoms with Gasteiger partial charge in [-0.2, -0.15) is 0 Å². The van der Waals surface area contributed by atoms with E-state index in [4.69, 9.17) is 14.2 Å². The fraction of sp³-hybridized carbons (Fsp3) is 0.222. The van der Waals surface area contributed by atoms with E-state index in [0.29, 0.717) is 17.9 Å². The summed E-state index contributed by atoms with van der Waals surface area (Å²) in [4.78, 5) is 0. The molecular formula is C18H20O4. The van der Waals surface area contributed by atoms with Crippen LogP contribution >= 0.6 is 0 Å². The van der Waals surface area contributed by atoms with Crippen LogP contribution in [0.15, 0.2) is 54.6 Å². The summed E-state index contributed by atoms with van der Waals surface area (Å²) >= 11 is 0. The second-order valence-corrected chi connectivity index (χ2v) is 4.67. The van der Waals surface area contributed by atoms with Crippen molar-refractivity contribution in [2.24, 2.45) is 0 Å². The highest BCUT2D eigenvalue weighted by molar-refractivity contribution is 5.50. The van der Waals surface area contributed by atoms with Gasteiger partial charge in [-0.15, -0.1) is 0 Å². The maximum absolute atomic E-state index is 10.1. The Morgan fingerprint density at radius 2 is 1.59 bits per heavy atom. The molecule has 0 amide bonds. The number of ether oxygens (including phenoxy) is 3. The van der Waals surface area contributed by atoms with Crippen LogP contribution in [0.3, 0.4) is 0 Å². The predicted octanol–water partition coefficient (Wildman–Crippen LogP) is 3.42. The largest absolute Gasteiger partial charge is 0.497 e. The average Bonchev–Trinajstić information content (AvgIpc) is 2.57. The van der Waals surface area contributed by atoms with Crippen LogP contribution in [0.5, 0.6) is 11.5 Å². The van der Waals surface area contributed by atoms with Gasteiger partial charge in [-0.3, -0.25) is 0 Å². The molecule has 116 valence electrons. The first-order chi connectivity index (χ1) is 10.7. The van der Waals surface area contributed by atoms with Gasteiger partial charge in [0.15, 0.2) is 0 Å². The van der Waals surface area contributed by atoms with Crippen LogP contribution in [0.1, 0.15) is 17.4 Å². The summed E-state index contributed by atoms with van der Waals surface area (Å²) in [6.07, 6.45) is 2.88.